The first kappa shape index (κ1) is 14.2. The average molecular weight is 298 g/mol. The van der Waals surface area contributed by atoms with Crippen LogP contribution in [0.15, 0.2) is 30.9 Å². The minimum atomic E-state index is -1.18. The van der Waals surface area contributed by atoms with Gasteiger partial charge in [-0.1, -0.05) is 30.3 Å². The van der Waals surface area contributed by atoms with E-state index in [1.807, 2.05) is 0 Å². The zero-order valence-electron chi connectivity index (χ0n) is 10.3. The molecule has 0 aliphatic carbocycles. The Morgan fingerprint density at radius 3 is 2.95 bits per heavy atom. The van der Waals surface area contributed by atoms with Crippen molar-refractivity contribution in [3.8, 4) is 5.75 Å². The van der Waals surface area contributed by atoms with Crippen molar-refractivity contribution in [1.82, 2.24) is 5.32 Å². The number of carboxylic acid groups (broad SMARTS) is 1. The number of rotatable bonds is 5. The van der Waals surface area contributed by atoms with Crippen LogP contribution in [0.1, 0.15) is 11.7 Å². The van der Waals surface area contributed by atoms with Gasteiger partial charge in [0.1, 0.15) is 12.4 Å². The third-order valence-electron chi connectivity index (χ3n) is 2.72. The van der Waals surface area contributed by atoms with E-state index in [-0.39, 0.29) is 0 Å². The van der Waals surface area contributed by atoms with E-state index in [2.05, 4.69) is 11.9 Å². The number of cyclic esters (lactones) is 1. The number of carboxylic acids is 1. The predicted molar refractivity (Wildman–Crippen MR) is 70.9 cm³/mol. The molecular weight excluding hydrogens is 286 g/mol. The SMILES string of the molecule is C=CCOc1ccc([C@H]2OC(=O)N[C@@H]2C(=O)O)cc1Cl. The number of halogens is 1. The van der Waals surface area contributed by atoms with Gasteiger partial charge in [0.2, 0.25) is 0 Å². The van der Waals surface area contributed by atoms with Crippen LogP contribution in [0.4, 0.5) is 4.79 Å². The molecule has 0 spiro atoms. The molecule has 0 bridgehead atoms. The Morgan fingerprint density at radius 1 is 1.60 bits per heavy atom. The average Bonchev–Trinajstić information content (AvgIpc) is 2.79. The van der Waals surface area contributed by atoms with Crippen LogP contribution in [-0.2, 0) is 9.53 Å². The highest BCUT2D eigenvalue weighted by molar-refractivity contribution is 6.32. The Hall–Kier alpha value is -2.21. The quantitative estimate of drug-likeness (QED) is 0.813. The Kier molecular flexibility index (Phi) is 4.14. The van der Waals surface area contributed by atoms with Gasteiger partial charge in [0, 0.05) is 0 Å². The molecule has 7 heteroatoms. The van der Waals surface area contributed by atoms with Crippen molar-refractivity contribution in [2.75, 3.05) is 6.61 Å². The first-order valence-electron chi connectivity index (χ1n) is 5.76. The fraction of sp³-hybridized carbons (Fsp3) is 0.231. The maximum absolute atomic E-state index is 11.2. The zero-order chi connectivity index (χ0) is 14.7. The second-order valence-electron chi connectivity index (χ2n) is 4.08. The van der Waals surface area contributed by atoms with Crippen molar-refractivity contribution < 1.29 is 24.2 Å². The minimum absolute atomic E-state index is 0.302. The van der Waals surface area contributed by atoms with Gasteiger partial charge in [-0.25, -0.2) is 9.59 Å². The van der Waals surface area contributed by atoms with Crippen LogP contribution >= 0.6 is 11.6 Å². The first-order chi connectivity index (χ1) is 9.52. The highest BCUT2D eigenvalue weighted by Crippen LogP contribution is 2.32. The Labute approximate surface area is 119 Å². The van der Waals surface area contributed by atoms with E-state index in [0.717, 1.165) is 0 Å². The number of hydrogen-bond donors (Lipinski definition) is 2. The van der Waals surface area contributed by atoms with Gasteiger partial charge in [-0.2, -0.15) is 0 Å². The topological polar surface area (TPSA) is 84.9 Å². The monoisotopic (exact) mass is 297 g/mol. The number of aliphatic carboxylic acids is 1. The van der Waals surface area contributed by atoms with Crippen LogP contribution < -0.4 is 10.1 Å². The summed E-state index contributed by atoms with van der Waals surface area (Å²) in [6.07, 6.45) is -0.121. The third-order valence-corrected chi connectivity index (χ3v) is 3.01. The maximum Gasteiger partial charge on any atom is 0.408 e. The van der Waals surface area contributed by atoms with Gasteiger partial charge in [-0.3, -0.25) is 0 Å². The minimum Gasteiger partial charge on any atom is -0.488 e. The summed E-state index contributed by atoms with van der Waals surface area (Å²) in [6.45, 7) is 3.83. The molecule has 20 heavy (non-hydrogen) atoms. The van der Waals surface area contributed by atoms with Gasteiger partial charge in [-0.15, -0.1) is 0 Å². The summed E-state index contributed by atoms with van der Waals surface area (Å²) < 4.78 is 10.3. The molecule has 0 unspecified atom stereocenters. The van der Waals surface area contributed by atoms with Gasteiger partial charge in [0.25, 0.3) is 0 Å². The smallest absolute Gasteiger partial charge is 0.408 e. The van der Waals surface area contributed by atoms with E-state index in [1.54, 1.807) is 18.2 Å². The van der Waals surface area contributed by atoms with Crippen molar-refractivity contribution >= 4 is 23.7 Å². The number of carbonyl (C=O) groups excluding carboxylic acids is 1. The summed E-state index contributed by atoms with van der Waals surface area (Å²) in [7, 11) is 0. The molecule has 106 valence electrons. The molecule has 0 radical (unpaired) electrons. The van der Waals surface area contributed by atoms with Gasteiger partial charge < -0.3 is 19.9 Å². The lowest BCUT2D eigenvalue weighted by Gasteiger charge is -2.15. The third kappa shape index (κ3) is 2.85. The number of alkyl carbamates (subject to hydrolysis) is 1. The van der Waals surface area contributed by atoms with Gasteiger partial charge in [0.15, 0.2) is 12.1 Å². The lowest BCUT2D eigenvalue weighted by atomic mass is 10.0. The number of amides is 1. The van der Waals surface area contributed by atoms with E-state index in [0.29, 0.717) is 22.9 Å². The zero-order valence-corrected chi connectivity index (χ0v) is 11.1. The van der Waals surface area contributed by atoms with Gasteiger partial charge in [-0.05, 0) is 17.7 Å². The molecule has 2 N–H and O–H groups in total. The molecule has 2 atom stereocenters. The lowest BCUT2D eigenvalue weighted by Crippen LogP contribution is -2.35. The molecule has 0 aromatic heterocycles. The number of ether oxygens (including phenoxy) is 2. The number of benzene rings is 1. The van der Waals surface area contributed by atoms with Crippen LogP contribution in [0.25, 0.3) is 0 Å². The summed E-state index contributed by atoms with van der Waals surface area (Å²) in [5, 5.41) is 11.6. The van der Waals surface area contributed by atoms with Crippen molar-refractivity contribution in [2.45, 2.75) is 12.1 Å². The molecule has 1 aliphatic rings. The van der Waals surface area contributed by atoms with E-state index in [9.17, 15) is 9.59 Å². The molecule has 1 amide bonds. The van der Waals surface area contributed by atoms with E-state index >= 15 is 0 Å². The van der Waals surface area contributed by atoms with Crippen LogP contribution in [0.2, 0.25) is 5.02 Å². The molecule has 6 nitrogen and oxygen atoms in total. The lowest BCUT2D eigenvalue weighted by molar-refractivity contribution is -0.140. The number of nitrogens with one attached hydrogen (secondary N) is 1. The van der Waals surface area contributed by atoms with E-state index in [1.165, 1.54) is 6.07 Å². The fourth-order valence-electron chi connectivity index (χ4n) is 1.83. The summed E-state index contributed by atoms with van der Waals surface area (Å²) in [4.78, 5) is 22.2. The summed E-state index contributed by atoms with van der Waals surface area (Å²) in [5.74, 6) is -0.733. The first-order valence-corrected chi connectivity index (χ1v) is 6.14. The largest absolute Gasteiger partial charge is 0.488 e. The summed E-state index contributed by atoms with van der Waals surface area (Å²) >= 11 is 6.04. The molecule has 1 aliphatic heterocycles. The number of carbonyl (C=O) groups is 2. The van der Waals surface area contributed by atoms with Crippen molar-refractivity contribution in [2.24, 2.45) is 0 Å². The second-order valence-corrected chi connectivity index (χ2v) is 4.48. The Balaban J connectivity index is 2.24. The highest BCUT2D eigenvalue weighted by Gasteiger charge is 2.40. The van der Waals surface area contributed by atoms with Gasteiger partial charge >= 0.3 is 12.1 Å². The highest BCUT2D eigenvalue weighted by atomic mass is 35.5. The molecule has 1 aromatic carbocycles. The molecule has 0 saturated carbocycles. The summed E-state index contributed by atoms with van der Waals surface area (Å²) in [6, 6.07) is 3.57. The molecule has 1 saturated heterocycles. The molecule has 2 rings (SSSR count). The van der Waals surface area contributed by atoms with Gasteiger partial charge in [0.05, 0.1) is 5.02 Å². The standard InChI is InChI=1S/C13H12ClNO5/c1-2-5-19-9-4-3-7(6-8(9)14)11-10(12(16)17)15-13(18)20-11/h2-4,6,10-11H,1,5H2,(H,15,18)(H,16,17)/t10-,11+/m0/s1. The summed E-state index contributed by atoms with van der Waals surface area (Å²) in [5.41, 5.74) is 0.478. The van der Waals surface area contributed by atoms with E-state index in [4.69, 9.17) is 26.2 Å². The maximum atomic E-state index is 11.2. The second kappa shape index (κ2) is 5.83. The normalized spacial score (nSPS) is 20.9. The van der Waals surface area contributed by atoms with Crippen LogP contribution in [-0.4, -0.2) is 29.8 Å². The molecular formula is C13H12ClNO5. The molecule has 1 heterocycles. The van der Waals surface area contributed by atoms with Crippen LogP contribution in [0.5, 0.6) is 5.75 Å². The number of hydrogen-bond acceptors (Lipinski definition) is 4. The molecule has 1 aromatic rings. The Morgan fingerprint density at radius 2 is 2.35 bits per heavy atom. The predicted octanol–water partition coefficient (Wildman–Crippen LogP) is 2.14. The Bertz CT molecular complexity index is 560. The van der Waals surface area contributed by atoms with Crippen molar-refractivity contribution in [1.29, 1.82) is 0 Å². The fourth-order valence-corrected chi connectivity index (χ4v) is 2.08. The molecule has 1 fully saturated rings. The van der Waals surface area contributed by atoms with Crippen molar-refractivity contribution in [3.05, 3.63) is 41.4 Å². The van der Waals surface area contributed by atoms with Crippen LogP contribution in [0, 0.1) is 0 Å². The van der Waals surface area contributed by atoms with Crippen molar-refractivity contribution in [3.63, 3.8) is 0 Å². The van der Waals surface area contributed by atoms with Crippen LogP contribution in [0.3, 0.4) is 0 Å². The van der Waals surface area contributed by atoms with E-state index < -0.39 is 24.2 Å².